The average Bonchev–Trinajstić information content (AvgIpc) is 2.38. The standard InChI is InChI=1S/C13H10FN3O2/c14-8-3-1-7(2-4-8)9-5-10(18)17-12-11(9)13(19)16-6-15-12/h1-4,6,9H,5H2,(H2,15,16,17,18,19). The van der Waals surface area contributed by atoms with Crippen LogP contribution in [0.3, 0.4) is 0 Å². The lowest BCUT2D eigenvalue weighted by Gasteiger charge is -2.23. The van der Waals surface area contributed by atoms with Crippen LogP contribution in [0.25, 0.3) is 0 Å². The number of nitrogens with one attached hydrogen (secondary N) is 2. The Balaban J connectivity index is 2.15. The third kappa shape index (κ3) is 2.01. The molecule has 1 aromatic heterocycles. The van der Waals surface area contributed by atoms with E-state index in [0.717, 1.165) is 5.56 Å². The van der Waals surface area contributed by atoms with Crippen molar-refractivity contribution in [3.05, 3.63) is 57.9 Å². The minimum atomic E-state index is -0.401. The summed E-state index contributed by atoms with van der Waals surface area (Å²) in [7, 11) is 0. The van der Waals surface area contributed by atoms with E-state index in [9.17, 15) is 14.0 Å². The lowest BCUT2D eigenvalue weighted by atomic mass is 9.87. The van der Waals surface area contributed by atoms with Crippen molar-refractivity contribution in [2.24, 2.45) is 0 Å². The molecule has 0 spiro atoms. The summed E-state index contributed by atoms with van der Waals surface area (Å²) in [5, 5.41) is 2.57. The summed E-state index contributed by atoms with van der Waals surface area (Å²) in [6.07, 6.45) is 1.39. The summed E-state index contributed by atoms with van der Waals surface area (Å²) in [5.74, 6) is -0.694. The van der Waals surface area contributed by atoms with Gasteiger partial charge >= 0.3 is 0 Å². The van der Waals surface area contributed by atoms with E-state index in [-0.39, 0.29) is 29.5 Å². The molecule has 0 radical (unpaired) electrons. The highest BCUT2D eigenvalue weighted by molar-refractivity contribution is 5.94. The molecule has 0 aliphatic carbocycles. The molecule has 1 aromatic carbocycles. The van der Waals surface area contributed by atoms with Gasteiger partial charge in [-0.3, -0.25) is 9.59 Å². The van der Waals surface area contributed by atoms with Gasteiger partial charge in [0, 0.05) is 12.3 Å². The first-order valence-electron chi connectivity index (χ1n) is 5.78. The molecular weight excluding hydrogens is 249 g/mol. The Morgan fingerprint density at radius 2 is 1.95 bits per heavy atom. The minimum absolute atomic E-state index is 0.146. The predicted octanol–water partition coefficient (Wildman–Crippen LogP) is 1.38. The molecular formula is C13H10FN3O2. The fourth-order valence-electron chi connectivity index (χ4n) is 2.28. The van der Waals surface area contributed by atoms with Gasteiger partial charge in [0.05, 0.1) is 11.9 Å². The first-order valence-corrected chi connectivity index (χ1v) is 5.78. The summed E-state index contributed by atoms with van der Waals surface area (Å²) in [6, 6.07) is 5.78. The van der Waals surface area contributed by atoms with Crippen molar-refractivity contribution in [2.75, 3.05) is 5.32 Å². The number of H-pyrrole nitrogens is 1. The summed E-state index contributed by atoms with van der Waals surface area (Å²) in [6.45, 7) is 0. The fourth-order valence-corrected chi connectivity index (χ4v) is 2.28. The highest BCUT2D eigenvalue weighted by Gasteiger charge is 2.29. The molecule has 0 saturated heterocycles. The number of hydrogen-bond acceptors (Lipinski definition) is 3. The molecule has 1 amide bonds. The Morgan fingerprint density at radius 1 is 1.21 bits per heavy atom. The van der Waals surface area contributed by atoms with Gasteiger partial charge in [-0.05, 0) is 17.7 Å². The number of anilines is 1. The maximum atomic E-state index is 12.9. The maximum absolute atomic E-state index is 12.9. The molecule has 2 heterocycles. The van der Waals surface area contributed by atoms with Crippen molar-refractivity contribution >= 4 is 11.7 Å². The van der Waals surface area contributed by atoms with Crippen molar-refractivity contribution in [2.45, 2.75) is 12.3 Å². The quantitative estimate of drug-likeness (QED) is 0.812. The number of benzene rings is 1. The van der Waals surface area contributed by atoms with Gasteiger partial charge in [0.25, 0.3) is 5.56 Å². The van der Waals surface area contributed by atoms with E-state index < -0.39 is 5.92 Å². The lowest BCUT2D eigenvalue weighted by molar-refractivity contribution is -0.116. The Bertz CT molecular complexity index is 694. The van der Waals surface area contributed by atoms with Gasteiger partial charge in [0.2, 0.25) is 5.91 Å². The van der Waals surface area contributed by atoms with Crippen molar-refractivity contribution in [1.29, 1.82) is 0 Å². The zero-order valence-corrected chi connectivity index (χ0v) is 9.81. The first-order chi connectivity index (χ1) is 9.15. The number of amides is 1. The lowest BCUT2D eigenvalue weighted by Crippen LogP contribution is -2.30. The van der Waals surface area contributed by atoms with Gasteiger partial charge in [0.1, 0.15) is 11.6 Å². The van der Waals surface area contributed by atoms with Crippen LogP contribution in [0.5, 0.6) is 0 Å². The molecule has 96 valence electrons. The molecule has 1 aliphatic heterocycles. The molecule has 1 atom stereocenters. The number of fused-ring (bicyclic) bond motifs is 1. The summed E-state index contributed by atoms with van der Waals surface area (Å²) in [5.41, 5.74) is 0.837. The van der Waals surface area contributed by atoms with Gasteiger partial charge in [-0.1, -0.05) is 12.1 Å². The van der Waals surface area contributed by atoms with Crippen molar-refractivity contribution < 1.29 is 9.18 Å². The molecule has 0 fully saturated rings. The Kier molecular flexibility index (Phi) is 2.63. The molecule has 1 unspecified atom stereocenters. The van der Waals surface area contributed by atoms with Crippen LogP contribution in [0.1, 0.15) is 23.5 Å². The van der Waals surface area contributed by atoms with Crippen LogP contribution in [0.15, 0.2) is 35.4 Å². The molecule has 2 aromatic rings. The van der Waals surface area contributed by atoms with E-state index in [0.29, 0.717) is 5.56 Å². The first kappa shape index (κ1) is 11.6. The zero-order valence-electron chi connectivity index (χ0n) is 9.81. The van der Waals surface area contributed by atoms with E-state index in [4.69, 9.17) is 0 Å². The number of nitrogens with zero attached hydrogens (tertiary/aromatic N) is 1. The molecule has 3 rings (SSSR count). The van der Waals surface area contributed by atoms with E-state index >= 15 is 0 Å². The van der Waals surface area contributed by atoms with E-state index in [1.54, 1.807) is 12.1 Å². The largest absolute Gasteiger partial charge is 0.313 e. The number of hydrogen-bond donors (Lipinski definition) is 2. The van der Waals surface area contributed by atoms with E-state index in [2.05, 4.69) is 15.3 Å². The number of rotatable bonds is 1. The summed E-state index contributed by atoms with van der Waals surface area (Å²) in [4.78, 5) is 30.0. The highest BCUT2D eigenvalue weighted by atomic mass is 19.1. The van der Waals surface area contributed by atoms with Crippen LogP contribution in [-0.4, -0.2) is 15.9 Å². The topological polar surface area (TPSA) is 74.8 Å². The number of aromatic nitrogens is 2. The van der Waals surface area contributed by atoms with Crippen LogP contribution in [0, 0.1) is 5.82 Å². The van der Waals surface area contributed by atoms with E-state index in [1.807, 2.05) is 0 Å². The molecule has 0 saturated carbocycles. The number of halogens is 1. The smallest absolute Gasteiger partial charge is 0.256 e. The summed E-state index contributed by atoms with van der Waals surface area (Å²) < 4.78 is 12.9. The molecule has 6 heteroatoms. The minimum Gasteiger partial charge on any atom is -0.313 e. The number of carbonyl (C=O) groups excluding carboxylic acids is 1. The monoisotopic (exact) mass is 259 g/mol. The Labute approximate surface area is 107 Å². The second-order valence-corrected chi connectivity index (χ2v) is 4.35. The van der Waals surface area contributed by atoms with E-state index in [1.165, 1.54) is 18.5 Å². The van der Waals surface area contributed by atoms with Crippen molar-refractivity contribution in [3.8, 4) is 0 Å². The third-order valence-corrected chi connectivity index (χ3v) is 3.16. The molecule has 1 aliphatic rings. The van der Waals surface area contributed by atoms with Gasteiger partial charge < -0.3 is 10.3 Å². The number of carbonyl (C=O) groups is 1. The predicted molar refractivity (Wildman–Crippen MR) is 66.3 cm³/mol. The Morgan fingerprint density at radius 3 is 2.68 bits per heavy atom. The van der Waals surface area contributed by atoms with Crippen LogP contribution in [0.2, 0.25) is 0 Å². The second kappa shape index (κ2) is 4.31. The Hall–Kier alpha value is -2.50. The maximum Gasteiger partial charge on any atom is 0.256 e. The molecule has 2 N–H and O–H groups in total. The summed E-state index contributed by atoms with van der Waals surface area (Å²) >= 11 is 0. The number of aromatic amines is 1. The van der Waals surface area contributed by atoms with Crippen LogP contribution in [-0.2, 0) is 4.79 Å². The molecule has 5 nitrogen and oxygen atoms in total. The normalized spacial score (nSPS) is 17.7. The second-order valence-electron chi connectivity index (χ2n) is 4.35. The molecule has 19 heavy (non-hydrogen) atoms. The zero-order chi connectivity index (χ0) is 13.4. The van der Waals surface area contributed by atoms with Crippen LogP contribution in [0.4, 0.5) is 10.2 Å². The van der Waals surface area contributed by atoms with Crippen LogP contribution < -0.4 is 10.9 Å². The van der Waals surface area contributed by atoms with Gasteiger partial charge in [-0.15, -0.1) is 0 Å². The van der Waals surface area contributed by atoms with Crippen molar-refractivity contribution in [1.82, 2.24) is 9.97 Å². The molecule has 0 bridgehead atoms. The van der Waals surface area contributed by atoms with Gasteiger partial charge in [0.15, 0.2) is 0 Å². The van der Waals surface area contributed by atoms with Crippen LogP contribution >= 0.6 is 0 Å². The highest BCUT2D eigenvalue weighted by Crippen LogP contribution is 2.33. The van der Waals surface area contributed by atoms with Gasteiger partial charge in [-0.25, -0.2) is 9.37 Å². The average molecular weight is 259 g/mol. The third-order valence-electron chi connectivity index (χ3n) is 3.16. The van der Waals surface area contributed by atoms with Crippen molar-refractivity contribution in [3.63, 3.8) is 0 Å². The SMILES string of the molecule is O=C1CC(c2ccc(F)cc2)c2c(nc[nH]c2=O)N1. The fraction of sp³-hybridized carbons (Fsp3) is 0.154. The van der Waals surface area contributed by atoms with Gasteiger partial charge in [-0.2, -0.15) is 0 Å².